The van der Waals surface area contributed by atoms with Crippen molar-refractivity contribution in [3.05, 3.63) is 70.7 Å². The van der Waals surface area contributed by atoms with Gasteiger partial charge in [0.2, 0.25) is 0 Å². The number of morpholine rings is 1. The second-order valence-electron chi connectivity index (χ2n) is 10.2. The van der Waals surface area contributed by atoms with Crippen LogP contribution >= 0.6 is 0 Å². The van der Waals surface area contributed by atoms with E-state index < -0.39 is 11.9 Å². The molecule has 9 heteroatoms. The summed E-state index contributed by atoms with van der Waals surface area (Å²) in [6.07, 6.45) is 4.64. The number of allylic oxidation sites excluding steroid dienone is 1. The van der Waals surface area contributed by atoms with Crippen LogP contribution < -0.4 is 5.32 Å². The standard InChI is InChI=1S/C27H32FN5O3/c1-16-5-6-18(30-25(34)17-9-10-29-24(11-17)27(2,3)28)12-21(16)22-13-23(26(35)32(4)31-22)33-19-7-8-20(33)15-36-14-19/h5-6,9-13,19-20,26,35H,7-8,14-15H2,1-4H3,(H,30,34). The first-order valence-electron chi connectivity index (χ1n) is 12.3. The van der Waals surface area contributed by atoms with Crippen molar-refractivity contribution in [3.8, 4) is 0 Å². The fourth-order valence-corrected chi connectivity index (χ4v) is 5.12. The number of hydrogen-bond donors (Lipinski definition) is 2. The Balaban J connectivity index is 1.43. The molecule has 2 aromatic rings. The van der Waals surface area contributed by atoms with Gasteiger partial charge in [0, 0.05) is 30.1 Å². The van der Waals surface area contributed by atoms with Crippen LogP contribution in [0.1, 0.15) is 53.9 Å². The van der Waals surface area contributed by atoms with Gasteiger partial charge in [-0.1, -0.05) is 6.07 Å². The van der Waals surface area contributed by atoms with Crippen molar-refractivity contribution in [2.75, 3.05) is 25.6 Å². The summed E-state index contributed by atoms with van der Waals surface area (Å²) in [4.78, 5) is 19.3. The van der Waals surface area contributed by atoms with Gasteiger partial charge in [0.15, 0.2) is 6.23 Å². The molecule has 0 radical (unpaired) electrons. The highest BCUT2D eigenvalue weighted by molar-refractivity contribution is 6.11. The number of hydrazone groups is 1. The lowest BCUT2D eigenvalue weighted by Gasteiger charge is -2.42. The highest BCUT2D eigenvalue weighted by Gasteiger charge is 2.41. The zero-order valence-electron chi connectivity index (χ0n) is 21.0. The minimum Gasteiger partial charge on any atom is -0.377 e. The molecule has 8 nitrogen and oxygen atoms in total. The van der Waals surface area contributed by atoms with Crippen molar-refractivity contribution >= 4 is 17.3 Å². The molecule has 2 saturated heterocycles. The monoisotopic (exact) mass is 493 g/mol. The van der Waals surface area contributed by atoms with Crippen molar-refractivity contribution in [3.63, 3.8) is 0 Å². The number of likely N-dealkylation sites (N-methyl/N-ethyl adjacent to an activating group) is 1. The quantitative estimate of drug-likeness (QED) is 0.662. The fourth-order valence-electron chi connectivity index (χ4n) is 5.12. The molecule has 0 aliphatic carbocycles. The number of carbonyl (C=O) groups is 1. The summed E-state index contributed by atoms with van der Waals surface area (Å²) < 4.78 is 20.1. The Labute approximate surface area is 210 Å². The number of fused-ring (bicyclic) bond motifs is 2. The number of anilines is 1. The number of benzene rings is 1. The number of aromatic nitrogens is 1. The van der Waals surface area contributed by atoms with Crippen molar-refractivity contribution in [2.24, 2.45) is 5.10 Å². The predicted octanol–water partition coefficient (Wildman–Crippen LogP) is 3.56. The smallest absolute Gasteiger partial charge is 0.255 e. The van der Waals surface area contributed by atoms with Crippen LogP contribution in [0, 0.1) is 6.92 Å². The molecule has 2 fully saturated rings. The molecule has 36 heavy (non-hydrogen) atoms. The molecule has 0 saturated carbocycles. The fraction of sp³-hybridized carbons (Fsp3) is 0.444. The van der Waals surface area contributed by atoms with Gasteiger partial charge in [-0.25, -0.2) is 4.39 Å². The van der Waals surface area contributed by atoms with Gasteiger partial charge in [-0.15, -0.1) is 0 Å². The molecule has 3 aliphatic rings. The topological polar surface area (TPSA) is 90.3 Å². The van der Waals surface area contributed by atoms with Gasteiger partial charge in [-0.2, -0.15) is 5.10 Å². The van der Waals surface area contributed by atoms with Crippen LogP contribution in [0.3, 0.4) is 0 Å². The van der Waals surface area contributed by atoms with E-state index in [-0.39, 0.29) is 23.7 Å². The lowest BCUT2D eigenvalue weighted by atomic mass is 10.00. The second kappa shape index (κ2) is 9.29. The summed E-state index contributed by atoms with van der Waals surface area (Å²) in [5, 5.41) is 20.1. The van der Waals surface area contributed by atoms with Crippen LogP contribution in [0.15, 0.2) is 53.4 Å². The van der Waals surface area contributed by atoms with E-state index in [0.717, 1.165) is 29.7 Å². The number of ether oxygens (including phenoxy) is 1. The van der Waals surface area contributed by atoms with Crippen LogP contribution in [-0.4, -0.2) is 70.2 Å². The van der Waals surface area contributed by atoms with Gasteiger partial charge in [-0.3, -0.25) is 14.8 Å². The van der Waals surface area contributed by atoms with Crippen molar-refractivity contribution in [1.82, 2.24) is 14.9 Å². The number of aliphatic hydroxyl groups is 1. The van der Waals surface area contributed by atoms with Crippen molar-refractivity contribution in [1.29, 1.82) is 0 Å². The van der Waals surface area contributed by atoms with Crippen molar-refractivity contribution < 1.29 is 19.0 Å². The van der Waals surface area contributed by atoms with E-state index >= 15 is 0 Å². The van der Waals surface area contributed by atoms with Crippen LogP contribution in [0.4, 0.5) is 10.1 Å². The van der Waals surface area contributed by atoms with E-state index in [0.29, 0.717) is 30.2 Å². The first kappa shape index (κ1) is 24.4. The molecule has 2 N–H and O–H groups in total. The molecule has 3 unspecified atom stereocenters. The highest BCUT2D eigenvalue weighted by atomic mass is 19.1. The number of carbonyl (C=O) groups excluding carboxylic acids is 1. The van der Waals surface area contributed by atoms with E-state index in [4.69, 9.17) is 4.74 Å². The van der Waals surface area contributed by atoms with E-state index in [1.54, 1.807) is 18.1 Å². The number of rotatable bonds is 5. The zero-order valence-corrected chi connectivity index (χ0v) is 21.0. The second-order valence-corrected chi connectivity index (χ2v) is 10.2. The third-order valence-electron chi connectivity index (χ3n) is 7.11. The summed E-state index contributed by atoms with van der Waals surface area (Å²) >= 11 is 0. The SMILES string of the molecule is Cc1ccc(NC(=O)c2ccnc(C(C)(C)F)c2)cc1C1=NN(C)C(O)C(N2C3CCC2COC3)=C1. The summed E-state index contributed by atoms with van der Waals surface area (Å²) in [7, 11) is 1.76. The molecule has 3 atom stereocenters. The van der Waals surface area contributed by atoms with Crippen LogP contribution in [-0.2, 0) is 10.4 Å². The Morgan fingerprint density at radius 1 is 1.19 bits per heavy atom. The Morgan fingerprint density at radius 3 is 2.61 bits per heavy atom. The number of alkyl halides is 1. The van der Waals surface area contributed by atoms with Gasteiger partial charge < -0.3 is 20.1 Å². The Morgan fingerprint density at radius 2 is 1.92 bits per heavy atom. The minimum atomic E-state index is -1.65. The maximum Gasteiger partial charge on any atom is 0.255 e. The molecule has 1 amide bonds. The highest BCUT2D eigenvalue weighted by Crippen LogP contribution is 2.35. The number of pyridine rings is 1. The molecule has 1 aromatic carbocycles. The lowest BCUT2D eigenvalue weighted by molar-refractivity contribution is -0.0338. The largest absolute Gasteiger partial charge is 0.377 e. The van der Waals surface area contributed by atoms with Gasteiger partial charge in [0.05, 0.1) is 42.4 Å². The molecule has 1 aromatic heterocycles. The van der Waals surface area contributed by atoms with E-state index in [1.165, 1.54) is 26.1 Å². The summed E-state index contributed by atoms with van der Waals surface area (Å²) in [5.41, 5.74) is 2.85. The number of halogens is 1. The molecule has 190 valence electrons. The molecular weight excluding hydrogens is 461 g/mol. The van der Waals surface area contributed by atoms with Gasteiger partial charge in [0.1, 0.15) is 5.67 Å². The molecule has 5 rings (SSSR count). The summed E-state index contributed by atoms with van der Waals surface area (Å²) in [5.74, 6) is -0.350. The van der Waals surface area contributed by atoms with Crippen LogP contribution in [0.25, 0.3) is 0 Å². The Kier molecular flexibility index (Phi) is 6.30. The average Bonchev–Trinajstić information content (AvgIpc) is 3.08. The first-order valence-corrected chi connectivity index (χ1v) is 12.3. The average molecular weight is 494 g/mol. The number of hydrogen-bond acceptors (Lipinski definition) is 7. The first-order chi connectivity index (χ1) is 17.1. The molecule has 2 bridgehead atoms. The summed E-state index contributed by atoms with van der Waals surface area (Å²) in [6, 6.07) is 9.16. The van der Waals surface area contributed by atoms with E-state index in [9.17, 15) is 14.3 Å². The number of aliphatic hydroxyl groups excluding tert-OH is 1. The summed E-state index contributed by atoms with van der Waals surface area (Å²) in [6.45, 7) is 6.12. The van der Waals surface area contributed by atoms with E-state index in [2.05, 4.69) is 20.3 Å². The molecular formula is C27H32FN5O3. The number of amides is 1. The van der Waals surface area contributed by atoms with Crippen LogP contribution in [0.2, 0.25) is 0 Å². The lowest BCUT2D eigenvalue weighted by Crippen LogP contribution is -2.50. The van der Waals surface area contributed by atoms with Crippen LogP contribution in [0.5, 0.6) is 0 Å². The Bertz CT molecular complexity index is 1220. The maximum absolute atomic E-state index is 14.3. The van der Waals surface area contributed by atoms with Gasteiger partial charge in [0.25, 0.3) is 5.91 Å². The maximum atomic E-state index is 14.3. The molecule has 4 heterocycles. The predicted molar refractivity (Wildman–Crippen MR) is 135 cm³/mol. The normalized spacial score (nSPS) is 23.9. The zero-order chi connectivity index (χ0) is 25.6. The Hall–Kier alpha value is -3.30. The third-order valence-corrected chi connectivity index (χ3v) is 7.11. The molecule has 3 aliphatic heterocycles. The van der Waals surface area contributed by atoms with Crippen molar-refractivity contribution in [2.45, 2.75) is 57.6 Å². The van der Waals surface area contributed by atoms with Gasteiger partial charge in [-0.05, 0) is 69.5 Å². The molecule has 0 spiro atoms. The van der Waals surface area contributed by atoms with Gasteiger partial charge >= 0.3 is 0 Å². The number of nitrogens with one attached hydrogen (secondary N) is 1. The number of aryl methyl sites for hydroxylation is 1. The van der Waals surface area contributed by atoms with E-state index in [1.807, 2.05) is 31.2 Å². The number of nitrogens with zero attached hydrogens (tertiary/aromatic N) is 4. The third kappa shape index (κ3) is 4.60. The minimum absolute atomic E-state index is 0.202.